The molecular weight excluding hydrogens is 408 g/mol. The molecule has 6 nitrogen and oxygen atoms in total. The van der Waals surface area contributed by atoms with Crippen LogP contribution in [0.2, 0.25) is 0 Å². The summed E-state index contributed by atoms with van der Waals surface area (Å²) in [5.41, 5.74) is 5.54. The standard InChI is InChI=1S/C24H26N4O2S/c1-5-27-22(21(26-24(27)31)19-11-8-9-13-25-19)18-14-15(2)28(16(18)3)20-12-7-6-10-17(20)23(29)30-4/h6-14,21-22H,5H2,1-4H3,(H,26,31)/t21-,22+/m0/s1. The van der Waals surface area contributed by atoms with Gasteiger partial charge < -0.3 is 19.5 Å². The number of thiocarbonyl (C=S) groups is 1. The minimum atomic E-state index is -0.352. The lowest BCUT2D eigenvalue weighted by molar-refractivity contribution is 0.0600. The van der Waals surface area contributed by atoms with Gasteiger partial charge >= 0.3 is 5.97 Å². The fraction of sp³-hybridized carbons (Fsp3) is 0.292. The van der Waals surface area contributed by atoms with Crippen molar-refractivity contribution in [1.82, 2.24) is 19.8 Å². The first-order chi connectivity index (χ1) is 15.0. The second-order valence-electron chi connectivity index (χ2n) is 7.58. The molecule has 0 amide bonds. The molecular formula is C24H26N4O2S. The summed E-state index contributed by atoms with van der Waals surface area (Å²) in [4.78, 5) is 19.2. The molecule has 160 valence electrons. The smallest absolute Gasteiger partial charge is 0.339 e. The largest absolute Gasteiger partial charge is 0.465 e. The average molecular weight is 435 g/mol. The van der Waals surface area contributed by atoms with Gasteiger partial charge in [-0.1, -0.05) is 18.2 Å². The first-order valence-electron chi connectivity index (χ1n) is 10.3. The fourth-order valence-corrected chi connectivity index (χ4v) is 4.86. The summed E-state index contributed by atoms with van der Waals surface area (Å²) < 4.78 is 7.13. The Kier molecular flexibility index (Phi) is 5.78. The van der Waals surface area contributed by atoms with E-state index in [-0.39, 0.29) is 18.1 Å². The predicted octanol–water partition coefficient (Wildman–Crippen LogP) is 4.27. The van der Waals surface area contributed by atoms with Crippen molar-refractivity contribution in [3.63, 3.8) is 0 Å². The van der Waals surface area contributed by atoms with Gasteiger partial charge in [0, 0.05) is 24.1 Å². The van der Waals surface area contributed by atoms with E-state index in [0.29, 0.717) is 5.56 Å². The van der Waals surface area contributed by atoms with Crippen molar-refractivity contribution in [1.29, 1.82) is 0 Å². The number of rotatable bonds is 5. The van der Waals surface area contributed by atoms with Crippen molar-refractivity contribution < 1.29 is 9.53 Å². The van der Waals surface area contributed by atoms with E-state index in [1.54, 1.807) is 6.07 Å². The first kappa shape index (κ1) is 21.1. The number of aryl methyl sites for hydroxylation is 1. The molecule has 1 N–H and O–H groups in total. The number of para-hydroxylation sites is 1. The van der Waals surface area contributed by atoms with Crippen molar-refractivity contribution in [2.75, 3.05) is 13.7 Å². The summed E-state index contributed by atoms with van der Waals surface area (Å²) in [6.45, 7) is 7.02. The summed E-state index contributed by atoms with van der Waals surface area (Å²) in [6, 6.07) is 15.6. The zero-order valence-electron chi connectivity index (χ0n) is 18.1. The maximum Gasteiger partial charge on any atom is 0.339 e. The molecule has 7 heteroatoms. The number of hydrogen-bond acceptors (Lipinski definition) is 4. The minimum absolute atomic E-state index is 0.00219. The van der Waals surface area contributed by atoms with E-state index in [0.717, 1.165) is 40.0 Å². The third-order valence-corrected chi connectivity index (χ3v) is 6.23. The van der Waals surface area contributed by atoms with Gasteiger partial charge in [-0.15, -0.1) is 0 Å². The van der Waals surface area contributed by atoms with Crippen molar-refractivity contribution in [3.8, 4) is 5.69 Å². The van der Waals surface area contributed by atoms with Gasteiger partial charge in [0.25, 0.3) is 0 Å². The van der Waals surface area contributed by atoms with Crippen molar-refractivity contribution >= 4 is 23.3 Å². The molecule has 2 atom stereocenters. The maximum atomic E-state index is 12.4. The Morgan fingerprint density at radius 3 is 2.61 bits per heavy atom. The van der Waals surface area contributed by atoms with Crippen molar-refractivity contribution in [3.05, 3.63) is 82.9 Å². The van der Waals surface area contributed by atoms with Crippen LogP contribution in [0.1, 0.15) is 52.0 Å². The van der Waals surface area contributed by atoms with Crippen LogP contribution in [0.5, 0.6) is 0 Å². The lowest BCUT2D eigenvalue weighted by Gasteiger charge is -2.27. The molecule has 0 aliphatic carbocycles. The van der Waals surface area contributed by atoms with Crippen LogP contribution in [-0.4, -0.2) is 39.2 Å². The van der Waals surface area contributed by atoms with Crippen LogP contribution in [0.15, 0.2) is 54.7 Å². The lowest BCUT2D eigenvalue weighted by atomic mass is 9.97. The van der Waals surface area contributed by atoms with Crippen LogP contribution in [0.3, 0.4) is 0 Å². The number of esters is 1. The van der Waals surface area contributed by atoms with Gasteiger partial charge in [0.2, 0.25) is 0 Å². The summed E-state index contributed by atoms with van der Waals surface area (Å²) in [7, 11) is 1.40. The Labute approximate surface area is 187 Å². The molecule has 4 rings (SSSR count). The third kappa shape index (κ3) is 3.59. The van der Waals surface area contributed by atoms with E-state index in [4.69, 9.17) is 17.0 Å². The van der Waals surface area contributed by atoms with Crippen LogP contribution in [0, 0.1) is 13.8 Å². The van der Waals surface area contributed by atoms with Gasteiger partial charge in [-0.25, -0.2) is 4.79 Å². The average Bonchev–Trinajstić information content (AvgIpc) is 3.28. The zero-order valence-corrected chi connectivity index (χ0v) is 18.9. The van der Waals surface area contributed by atoms with E-state index in [1.807, 2.05) is 42.6 Å². The summed E-state index contributed by atoms with van der Waals surface area (Å²) in [6.07, 6.45) is 1.81. The number of nitrogens with one attached hydrogen (secondary N) is 1. The molecule has 0 bridgehead atoms. The maximum absolute atomic E-state index is 12.4. The molecule has 1 aliphatic heterocycles. The monoisotopic (exact) mass is 434 g/mol. The van der Waals surface area contributed by atoms with Crippen molar-refractivity contribution in [2.45, 2.75) is 32.9 Å². The molecule has 1 saturated heterocycles. The number of hydrogen-bond donors (Lipinski definition) is 1. The Bertz CT molecular complexity index is 1130. The number of pyridine rings is 1. The molecule has 1 aromatic carbocycles. The quantitative estimate of drug-likeness (QED) is 0.478. The number of nitrogens with zero attached hydrogens (tertiary/aromatic N) is 3. The molecule has 1 aliphatic rings. The number of aromatic nitrogens is 2. The molecule has 3 aromatic rings. The van der Waals surface area contributed by atoms with E-state index < -0.39 is 0 Å². The van der Waals surface area contributed by atoms with E-state index in [2.05, 4.69) is 46.6 Å². The normalized spacial score (nSPS) is 18.2. The van der Waals surface area contributed by atoms with Crippen LogP contribution in [0.4, 0.5) is 0 Å². The molecule has 2 aromatic heterocycles. The second kappa shape index (κ2) is 8.51. The molecule has 1 fully saturated rings. The molecule has 0 saturated carbocycles. The van der Waals surface area contributed by atoms with E-state index >= 15 is 0 Å². The van der Waals surface area contributed by atoms with Gasteiger partial charge in [0.05, 0.1) is 36.1 Å². The number of methoxy groups -OCH3 is 1. The number of benzene rings is 1. The molecule has 0 spiro atoms. The molecule has 0 unspecified atom stereocenters. The first-order valence-corrected chi connectivity index (χ1v) is 10.7. The summed E-state index contributed by atoms with van der Waals surface area (Å²) in [5, 5.41) is 4.19. The summed E-state index contributed by atoms with van der Waals surface area (Å²) >= 11 is 5.66. The van der Waals surface area contributed by atoms with E-state index in [9.17, 15) is 4.79 Å². The SMILES string of the molecule is CCN1C(=S)N[C@@H](c2ccccn2)[C@H]1c1cc(C)n(-c2ccccc2C(=O)OC)c1C. The van der Waals surface area contributed by atoms with Gasteiger partial charge in [0.15, 0.2) is 5.11 Å². The molecule has 31 heavy (non-hydrogen) atoms. The Balaban J connectivity index is 1.86. The number of carbonyl (C=O) groups excluding carboxylic acids is 1. The highest BCUT2D eigenvalue weighted by atomic mass is 32.1. The van der Waals surface area contributed by atoms with Gasteiger partial charge in [-0.2, -0.15) is 0 Å². The highest BCUT2D eigenvalue weighted by molar-refractivity contribution is 7.80. The van der Waals surface area contributed by atoms with Crippen LogP contribution < -0.4 is 5.32 Å². The van der Waals surface area contributed by atoms with Gasteiger partial charge in [-0.3, -0.25) is 4.98 Å². The predicted molar refractivity (Wildman–Crippen MR) is 124 cm³/mol. The number of likely N-dealkylation sites (N-methyl/N-ethyl adjacent to an activating group) is 1. The highest BCUT2D eigenvalue weighted by Gasteiger charge is 2.40. The van der Waals surface area contributed by atoms with Gasteiger partial charge in [-0.05, 0) is 68.9 Å². The topological polar surface area (TPSA) is 59.4 Å². The number of ether oxygens (including phenoxy) is 1. The highest BCUT2D eigenvalue weighted by Crippen LogP contribution is 2.41. The van der Waals surface area contributed by atoms with Crippen molar-refractivity contribution in [2.24, 2.45) is 0 Å². The number of carbonyl (C=O) groups is 1. The summed E-state index contributed by atoms with van der Waals surface area (Å²) in [5.74, 6) is -0.352. The van der Waals surface area contributed by atoms with Crippen LogP contribution in [-0.2, 0) is 4.74 Å². The third-order valence-electron chi connectivity index (χ3n) is 5.88. The van der Waals surface area contributed by atoms with Gasteiger partial charge in [0.1, 0.15) is 0 Å². The Morgan fingerprint density at radius 2 is 1.94 bits per heavy atom. The zero-order chi connectivity index (χ0) is 22.1. The minimum Gasteiger partial charge on any atom is -0.465 e. The van der Waals surface area contributed by atoms with Crippen LogP contribution in [0.25, 0.3) is 5.69 Å². The van der Waals surface area contributed by atoms with Crippen LogP contribution >= 0.6 is 12.2 Å². The Morgan fingerprint density at radius 1 is 1.19 bits per heavy atom. The molecule has 3 heterocycles. The molecule has 0 radical (unpaired) electrons. The fourth-order valence-electron chi connectivity index (χ4n) is 4.49. The lowest BCUT2D eigenvalue weighted by Crippen LogP contribution is -2.29. The Hall–Kier alpha value is -3.19. The van der Waals surface area contributed by atoms with E-state index in [1.165, 1.54) is 7.11 Å². The second-order valence-corrected chi connectivity index (χ2v) is 7.97.